The van der Waals surface area contributed by atoms with Crippen molar-refractivity contribution in [2.24, 2.45) is 5.92 Å². The first-order valence-corrected chi connectivity index (χ1v) is 6.04. The Morgan fingerprint density at radius 1 is 1.50 bits per heavy atom. The smallest absolute Gasteiger partial charge is 0.177 e. The standard InChI is InChI=1S/C12H22N2OS/c1-9(8-15-5)7-14-10(12(2,3)4)6-13-11(14)16/h6,9H,7-8H2,1-5H3,(H,13,16). The number of nitrogens with zero attached hydrogens (tertiary/aromatic N) is 1. The second-order valence-electron chi connectivity index (χ2n) is 5.40. The minimum absolute atomic E-state index is 0.111. The number of methoxy groups -OCH3 is 1. The van der Waals surface area contributed by atoms with Crippen molar-refractivity contribution in [1.29, 1.82) is 0 Å². The maximum Gasteiger partial charge on any atom is 0.177 e. The predicted molar refractivity (Wildman–Crippen MR) is 69.4 cm³/mol. The third kappa shape index (κ3) is 3.19. The average Bonchev–Trinajstić information content (AvgIpc) is 2.47. The predicted octanol–water partition coefficient (Wildman–Crippen LogP) is 3.13. The van der Waals surface area contributed by atoms with E-state index in [4.69, 9.17) is 17.0 Å². The third-order valence-corrected chi connectivity index (χ3v) is 2.92. The molecule has 1 aromatic heterocycles. The second kappa shape index (κ2) is 5.15. The first kappa shape index (κ1) is 13.5. The van der Waals surface area contributed by atoms with E-state index >= 15 is 0 Å². The van der Waals surface area contributed by atoms with Gasteiger partial charge in [0.05, 0.1) is 6.61 Å². The Morgan fingerprint density at radius 2 is 2.12 bits per heavy atom. The first-order valence-electron chi connectivity index (χ1n) is 5.64. The van der Waals surface area contributed by atoms with Crippen molar-refractivity contribution in [3.05, 3.63) is 16.7 Å². The monoisotopic (exact) mass is 242 g/mol. The minimum Gasteiger partial charge on any atom is -0.384 e. The van der Waals surface area contributed by atoms with E-state index < -0.39 is 0 Å². The molecule has 4 heteroatoms. The van der Waals surface area contributed by atoms with E-state index in [9.17, 15) is 0 Å². The van der Waals surface area contributed by atoms with Crippen LogP contribution in [-0.2, 0) is 16.7 Å². The SMILES string of the molecule is COCC(C)Cn1c(C(C)(C)C)c[nH]c1=S. The van der Waals surface area contributed by atoms with E-state index in [0.29, 0.717) is 5.92 Å². The zero-order valence-corrected chi connectivity index (χ0v) is 11.6. The van der Waals surface area contributed by atoms with Crippen molar-refractivity contribution < 1.29 is 4.74 Å². The number of nitrogens with one attached hydrogen (secondary N) is 1. The van der Waals surface area contributed by atoms with Crippen LogP contribution in [0.1, 0.15) is 33.4 Å². The normalized spacial score (nSPS) is 14.1. The van der Waals surface area contributed by atoms with E-state index in [1.807, 2.05) is 6.20 Å². The minimum atomic E-state index is 0.111. The van der Waals surface area contributed by atoms with Crippen molar-refractivity contribution in [2.75, 3.05) is 13.7 Å². The molecule has 0 radical (unpaired) electrons. The molecule has 1 aromatic rings. The van der Waals surface area contributed by atoms with Gasteiger partial charge in [-0.25, -0.2) is 0 Å². The van der Waals surface area contributed by atoms with Crippen LogP contribution < -0.4 is 0 Å². The summed E-state index contributed by atoms with van der Waals surface area (Å²) < 4.78 is 8.14. The van der Waals surface area contributed by atoms with Crippen LogP contribution in [0.15, 0.2) is 6.20 Å². The number of ether oxygens (including phenoxy) is 1. The van der Waals surface area contributed by atoms with Crippen LogP contribution in [0.3, 0.4) is 0 Å². The fraction of sp³-hybridized carbons (Fsp3) is 0.750. The summed E-state index contributed by atoms with van der Waals surface area (Å²) in [4.78, 5) is 3.13. The molecule has 0 aliphatic heterocycles. The highest BCUT2D eigenvalue weighted by atomic mass is 32.1. The van der Waals surface area contributed by atoms with Gasteiger partial charge in [-0.1, -0.05) is 27.7 Å². The Hall–Kier alpha value is -0.610. The van der Waals surface area contributed by atoms with Crippen LogP contribution >= 0.6 is 12.2 Å². The Morgan fingerprint density at radius 3 is 2.62 bits per heavy atom. The topological polar surface area (TPSA) is 29.9 Å². The third-order valence-electron chi connectivity index (χ3n) is 2.58. The van der Waals surface area contributed by atoms with Crippen LogP contribution in [0.25, 0.3) is 0 Å². The molecule has 92 valence electrons. The highest BCUT2D eigenvalue weighted by Gasteiger charge is 2.20. The lowest BCUT2D eigenvalue weighted by atomic mass is 9.92. The van der Waals surface area contributed by atoms with Crippen molar-refractivity contribution >= 4 is 12.2 Å². The van der Waals surface area contributed by atoms with Crippen molar-refractivity contribution in [1.82, 2.24) is 9.55 Å². The van der Waals surface area contributed by atoms with Gasteiger partial charge in [0.25, 0.3) is 0 Å². The molecule has 1 heterocycles. The fourth-order valence-electron chi connectivity index (χ4n) is 1.85. The molecule has 16 heavy (non-hydrogen) atoms. The van der Waals surface area contributed by atoms with Gasteiger partial charge >= 0.3 is 0 Å². The Balaban J connectivity index is 2.95. The molecule has 3 nitrogen and oxygen atoms in total. The molecule has 1 unspecified atom stereocenters. The van der Waals surface area contributed by atoms with Crippen LogP contribution in [0.5, 0.6) is 0 Å². The Bertz CT molecular complexity index is 386. The molecule has 1 atom stereocenters. The van der Waals surface area contributed by atoms with Gasteiger partial charge in [0, 0.05) is 31.0 Å². The van der Waals surface area contributed by atoms with Gasteiger partial charge in [-0.15, -0.1) is 0 Å². The summed E-state index contributed by atoms with van der Waals surface area (Å²) in [5.74, 6) is 0.466. The summed E-state index contributed by atoms with van der Waals surface area (Å²) in [5, 5.41) is 0. The van der Waals surface area contributed by atoms with Crippen molar-refractivity contribution in [3.8, 4) is 0 Å². The number of aromatic nitrogens is 2. The maximum atomic E-state index is 5.31. The summed E-state index contributed by atoms with van der Waals surface area (Å²) >= 11 is 5.31. The van der Waals surface area contributed by atoms with Crippen molar-refractivity contribution in [2.45, 2.75) is 39.7 Å². The number of rotatable bonds is 4. The Labute approximate surface area is 103 Å². The zero-order valence-electron chi connectivity index (χ0n) is 10.8. The number of aromatic amines is 1. The Kier molecular flexibility index (Phi) is 4.33. The van der Waals surface area contributed by atoms with Gasteiger partial charge in [-0.05, 0) is 18.1 Å². The van der Waals surface area contributed by atoms with Gasteiger partial charge in [-0.3, -0.25) is 0 Å². The maximum absolute atomic E-state index is 5.31. The van der Waals surface area contributed by atoms with Crippen LogP contribution in [0.2, 0.25) is 0 Å². The van der Waals surface area contributed by atoms with Crippen LogP contribution in [0.4, 0.5) is 0 Å². The molecule has 0 amide bonds. The van der Waals surface area contributed by atoms with E-state index in [0.717, 1.165) is 17.9 Å². The molecule has 1 N–H and O–H groups in total. The first-order chi connectivity index (χ1) is 7.36. The highest BCUT2D eigenvalue weighted by Crippen LogP contribution is 2.23. The molecule has 0 bridgehead atoms. The van der Waals surface area contributed by atoms with E-state index in [1.54, 1.807) is 7.11 Å². The lowest BCUT2D eigenvalue weighted by molar-refractivity contribution is 0.150. The van der Waals surface area contributed by atoms with Gasteiger partial charge in [0.1, 0.15) is 0 Å². The number of hydrogen-bond donors (Lipinski definition) is 1. The molecule has 0 saturated carbocycles. The lowest BCUT2D eigenvalue weighted by Gasteiger charge is -2.22. The van der Waals surface area contributed by atoms with Gasteiger partial charge < -0.3 is 14.3 Å². The van der Waals surface area contributed by atoms with Gasteiger partial charge in [0.2, 0.25) is 0 Å². The summed E-state index contributed by atoms with van der Waals surface area (Å²) in [5.41, 5.74) is 1.36. The molecule has 0 aliphatic rings. The van der Waals surface area contributed by atoms with Gasteiger partial charge in [0.15, 0.2) is 4.77 Å². The van der Waals surface area contributed by atoms with Crippen LogP contribution in [-0.4, -0.2) is 23.3 Å². The molecule has 0 saturated heterocycles. The fourth-order valence-corrected chi connectivity index (χ4v) is 2.08. The quantitative estimate of drug-likeness (QED) is 0.822. The summed E-state index contributed by atoms with van der Waals surface area (Å²) in [6.45, 7) is 10.4. The molecule has 0 aliphatic carbocycles. The van der Waals surface area contributed by atoms with E-state index in [-0.39, 0.29) is 5.41 Å². The van der Waals surface area contributed by atoms with E-state index in [1.165, 1.54) is 5.69 Å². The summed E-state index contributed by atoms with van der Waals surface area (Å²) in [6, 6.07) is 0. The van der Waals surface area contributed by atoms with E-state index in [2.05, 4.69) is 37.2 Å². The number of H-pyrrole nitrogens is 1. The number of hydrogen-bond acceptors (Lipinski definition) is 2. The molecule has 0 spiro atoms. The molecule has 0 aromatic carbocycles. The summed E-state index contributed by atoms with van der Waals surface area (Å²) in [6.07, 6.45) is 2.02. The molecule has 0 fully saturated rings. The average molecular weight is 242 g/mol. The number of imidazole rings is 1. The van der Waals surface area contributed by atoms with Crippen molar-refractivity contribution in [3.63, 3.8) is 0 Å². The van der Waals surface area contributed by atoms with Crippen LogP contribution in [0, 0.1) is 10.7 Å². The van der Waals surface area contributed by atoms with Gasteiger partial charge in [-0.2, -0.15) is 0 Å². The zero-order chi connectivity index (χ0) is 12.3. The molecular weight excluding hydrogens is 220 g/mol. The molecular formula is C12H22N2OS. The lowest BCUT2D eigenvalue weighted by Crippen LogP contribution is -2.21. The largest absolute Gasteiger partial charge is 0.384 e. The summed E-state index contributed by atoms with van der Waals surface area (Å²) in [7, 11) is 1.73. The highest BCUT2D eigenvalue weighted by molar-refractivity contribution is 7.71. The second-order valence-corrected chi connectivity index (χ2v) is 5.79. The molecule has 1 rings (SSSR count).